The molecule has 0 radical (unpaired) electrons. The fourth-order valence-corrected chi connectivity index (χ4v) is 4.66. The second-order valence-corrected chi connectivity index (χ2v) is 7.84. The quantitative estimate of drug-likeness (QED) is 0.797. The van der Waals surface area contributed by atoms with Crippen molar-refractivity contribution in [1.82, 2.24) is 15.1 Å². The fraction of sp³-hybridized carbons (Fsp3) is 0.500. The Labute approximate surface area is 120 Å². The van der Waals surface area contributed by atoms with Crippen LogP contribution in [0.3, 0.4) is 0 Å². The molecule has 0 N–H and O–H groups in total. The Bertz CT molecular complexity index is 576. The van der Waals surface area contributed by atoms with Crippen molar-refractivity contribution >= 4 is 39.1 Å². The van der Waals surface area contributed by atoms with Crippen molar-refractivity contribution in [1.29, 1.82) is 0 Å². The highest BCUT2D eigenvalue weighted by atomic mass is 35.5. The Morgan fingerprint density at radius 1 is 1.47 bits per heavy atom. The Morgan fingerprint density at radius 3 is 2.79 bits per heavy atom. The molecule has 6 nitrogen and oxygen atoms in total. The first-order valence-corrected chi connectivity index (χ1v) is 8.95. The summed E-state index contributed by atoms with van der Waals surface area (Å²) in [5, 5.41) is 6.67. The molecular formula is C10H12ClN3O3S2. The third-order valence-electron chi connectivity index (χ3n) is 2.69. The maximum absolute atomic E-state index is 12.3. The van der Waals surface area contributed by atoms with Crippen LogP contribution >= 0.6 is 23.4 Å². The molecule has 1 aliphatic rings. The molecule has 1 amide bonds. The zero-order valence-corrected chi connectivity index (χ0v) is 12.5. The molecule has 104 valence electrons. The van der Waals surface area contributed by atoms with Gasteiger partial charge in [-0.3, -0.25) is 4.79 Å². The van der Waals surface area contributed by atoms with Gasteiger partial charge in [-0.25, -0.2) is 8.42 Å². The molecule has 19 heavy (non-hydrogen) atoms. The third kappa shape index (κ3) is 3.37. The van der Waals surface area contributed by atoms with Gasteiger partial charge in [0.2, 0.25) is 0 Å². The Balaban J connectivity index is 2.27. The summed E-state index contributed by atoms with van der Waals surface area (Å²) >= 11 is 7.12. The number of amides is 1. The first kappa shape index (κ1) is 14.5. The zero-order chi connectivity index (χ0) is 14.0. The first-order valence-electron chi connectivity index (χ1n) is 5.46. The lowest BCUT2D eigenvalue weighted by Gasteiger charge is -2.33. The largest absolute Gasteiger partial charge is 0.319 e. The number of thioether (sulfide) groups is 1. The van der Waals surface area contributed by atoms with Crippen LogP contribution in [0, 0.1) is 0 Å². The van der Waals surface area contributed by atoms with Crippen molar-refractivity contribution in [3.8, 4) is 0 Å². The second kappa shape index (κ2) is 5.64. The number of halogens is 1. The molecule has 2 heterocycles. The van der Waals surface area contributed by atoms with E-state index in [1.165, 1.54) is 28.8 Å². The number of aromatic nitrogens is 2. The summed E-state index contributed by atoms with van der Waals surface area (Å²) in [6, 6.07) is 2.90. The molecule has 0 aromatic carbocycles. The molecule has 1 fully saturated rings. The fourth-order valence-electron chi connectivity index (χ4n) is 1.75. The van der Waals surface area contributed by atoms with Crippen LogP contribution in [0.5, 0.6) is 0 Å². The smallest absolute Gasteiger partial charge is 0.275 e. The summed E-state index contributed by atoms with van der Waals surface area (Å²) in [5.41, 5.74) is 0.102. The van der Waals surface area contributed by atoms with Gasteiger partial charge in [0.05, 0.1) is 0 Å². The highest BCUT2D eigenvalue weighted by Gasteiger charge is 2.35. The van der Waals surface area contributed by atoms with Gasteiger partial charge in [0.25, 0.3) is 5.91 Å². The van der Waals surface area contributed by atoms with Gasteiger partial charge in [-0.05, 0) is 12.1 Å². The van der Waals surface area contributed by atoms with Gasteiger partial charge in [-0.1, -0.05) is 11.6 Å². The zero-order valence-electron chi connectivity index (χ0n) is 10.1. The number of hydrogen-bond acceptors (Lipinski definition) is 6. The lowest BCUT2D eigenvalue weighted by Crippen LogP contribution is -2.50. The van der Waals surface area contributed by atoms with Crippen LogP contribution in [0.15, 0.2) is 12.1 Å². The van der Waals surface area contributed by atoms with Gasteiger partial charge in [0, 0.05) is 24.3 Å². The van der Waals surface area contributed by atoms with Crippen LogP contribution in [0.25, 0.3) is 0 Å². The van der Waals surface area contributed by atoms with Crippen LogP contribution < -0.4 is 0 Å². The maximum atomic E-state index is 12.3. The molecule has 0 aliphatic carbocycles. The minimum absolute atomic E-state index is 0.102. The van der Waals surface area contributed by atoms with Crippen LogP contribution in [0.1, 0.15) is 10.5 Å². The molecule has 0 bridgehead atoms. The van der Waals surface area contributed by atoms with E-state index in [1.54, 1.807) is 0 Å². The van der Waals surface area contributed by atoms with E-state index >= 15 is 0 Å². The number of hydrogen-bond donors (Lipinski definition) is 0. The minimum atomic E-state index is -3.33. The van der Waals surface area contributed by atoms with Crippen LogP contribution in [0.4, 0.5) is 0 Å². The van der Waals surface area contributed by atoms with E-state index in [9.17, 15) is 13.2 Å². The summed E-state index contributed by atoms with van der Waals surface area (Å²) < 4.78 is 23.4. The van der Waals surface area contributed by atoms with Crippen molar-refractivity contribution in [2.45, 2.75) is 5.37 Å². The normalized spacial score (nSPS) is 20.3. The summed E-state index contributed by atoms with van der Waals surface area (Å²) in [7, 11) is -3.33. The summed E-state index contributed by atoms with van der Waals surface area (Å²) in [4.78, 5) is 13.6. The van der Waals surface area contributed by atoms with Gasteiger partial charge in [-0.15, -0.1) is 10.2 Å². The molecule has 0 saturated carbocycles. The summed E-state index contributed by atoms with van der Waals surface area (Å²) in [6.45, 7) is 0.380. The molecule has 1 aromatic rings. The standard InChI is InChI=1S/C10H12ClN3O3S2/c1-19(16,17)9-6-18-5-4-14(9)10(15)7-2-3-8(11)13-12-7/h2-3,9H,4-6H2,1H3. The van der Waals surface area contributed by atoms with Crippen LogP contribution in [-0.4, -0.2) is 59.1 Å². The molecule has 9 heteroatoms. The summed E-state index contributed by atoms with van der Waals surface area (Å²) in [5.74, 6) is 0.657. The lowest BCUT2D eigenvalue weighted by atomic mass is 10.3. The average molecular weight is 322 g/mol. The number of carbonyl (C=O) groups is 1. The minimum Gasteiger partial charge on any atom is -0.319 e. The number of carbonyl (C=O) groups excluding carboxylic acids is 1. The molecule has 1 saturated heterocycles. The molecule has 1 unspecified atom stereocenters. The monoisotopic (exact) mass is 321 g/mol. The van der Waals surface area contributed by atoms with E-state index < -0.39 is 21.1 Å². The van der Waals surface area contributed by atoms with Gasteiger partial charge in [0.1, 0.15) is 5.37 Å². The highest BCUT2D eigenvalue weighted by molar-refractivity contribution is 8.00. The van der Waals surface area contributed by atoms with Crippen molar-refractivity contribution in [2.75, 3.05) is 24.3 Å². The Kier molecular flexibility index (Phi) is 4.32. The van der Waals surface area contributed by atoms with E-state index in [4.69, 9.17) is 11.6 Å². The predicted octanol–water partition coefficient (Wildman–Crippen LogP) is 0.690. The van der Waals surface area contributed by atoms with Crippen LogP contribution in [0.2, 0.25) is 5.15 Å². The van der Waals surface area contributed by atoms with Crippen molar-refractivity contribution < 1.29 is 13.2 Å². The van der Waals surface area contributed by atoms with Gasteiger partial charge < -0.3 is 4.90 Å². The number of sulfone groups is 1. The van der Waals surface area contributed by atoms with E-state index in [0.29, 0.717) is 18.1 Å². The Hall–Kier alpha value is -0.860. The first-order chi connectivity index (χ1) is 8.89. The molecule has 1 aliphatic heterocycles. The topological polar surface area (TPSA) is 80.2 Å². The molecular weight excluding hydrogens is 310 g/mol. The van der Waals surface area contributed by atoms with E-state index in [2.05, 4.69) is 10.2 Å². The highest BCUT2D eigenvalue weighted by Crippen LogP contribution is 2.22. The molecule has 2 rings (SSSR count). The molecule has 1 atom stereocenters. The second-order valence-electron chi connectivity index (χ2n) is 4.10. The van der Waals surface area contributed by atoms with Gasteiger partial charge in [0.15, 0.2) is 20.7 Å². The average Bonchev–Trinajstić information content (AvgIpc) is 2.38. The van der Waals surface area contributed by atoms with E-state index in [-0.39, 0.29) is 10.8 Å². The Morgan fingerprint density at radius 2 is 2.21 bits per heavy atom. The number of nitrogens with zero attached hydrogens (tertiary/aromatic N) is 3. The van der Waals surface area contributed by atoms with E-state index in [1.807, 2.05) is 0 Å². The van der Waals surface area contributed by atoms with Crippen molar-refractivity contribution in [2.24, 2.45) is 0 Å². The molecule has 0 spiro atoms. The maximum Gasteiger partial charge on any atom is 0.275 e. The van der Waals surface area contributed by atoms with Gasteiger partial charge in [-0.2, -0.15) is 11.8 Å². The van der Waals surface area contributed by atoms with Crippen molar-refractivity contribution in [3.05, 3.63) is 23.0 Å². The van der Waals surface area contributed by atoms with Crippen molar-refractivity contribution in [3.63, 3.8) is 0 Å². The van der Waals surface area contributed by atoms with E-state index in [0.717, 1.165) is 6.26 Å². The predicted molar refractivity (Wildman–Crippen MR) is 74.0 cm³/mol. The number of rotatable bonds is 2. The molecule has 1 aromatic heterocycles. The van der Waals surface area contributed by atoms with Gasteiger partial charge >= 0.3 is 0 Å². The SMILES string of the molecule is CS(=O)(=O)C1CSCCN1C(=O)c1ccc(Cl)nn1. The third-order valence-corrected chi connectivity index (χ3v) is 5.54. The lowest BCUT2D eigenvalue weighted by molar-refractivity contribution is 0.0742. The van der Waals surface area contributed by atoms with Crippen LogP contribution in [-0.2, 0) is 9.84 Å². The summed E-state index contributed by atoms with van der Waals surface area (Å²) in [6.07, 6.45) is 1.14.